The molecule has 4 heteroatoms. The van der Waals surface area contributed by atoms with Crippen molar-refractivity contribution in [3.05, 3.63) is 77.3 Å². The van der Waals surface area contributed by atoms with E-state index in [9.17, 15) is 5.11 Å². The molecule has 0 fully saturated rings. The van der Waals surface area contributed by atoms with Crippen LogP contribution in [-0.2, 0) is 6.42 Å². The number of fused-ring (bicyclic) bond motifs is 1. The van der Waals surface area contributed by atoms with Gasteiger partial charge >= 0.3 is 0 Å². The smallest absolute Gasteiger partial charge is 0.137 e. The summed E-state index contributed by atoms with van der Waals surface area (Å²) in [6.45, 7) is 1.85. The fourth-order valence-electron chi connectivity index (χ4n) is 2.75. The van der Waals surface area contributed by atoms with Gasteiger partial charge in [-0.25, -0.2) is 0 Å². The topological polar surface area (TPSA) is 46.1 Å². The molecule has 0 spiro atoms. The summed E-state index contributed by atoms with van der Waals surface area (Å²) in [6.07, 6.45) is 0.465. The average Bonchev–Trinajstić information content (AvgIpc) is 2.65. The number of nitrogens with two attached hydrogens (primary N) is 1. The predicted molar refractivity (Wildman–Crippen MR) is 102 cm³/mol. The summed E-state index contributed by atoms with van der Waals surface area (Å²) in [5.74, 6) is 0.791. The Morgan fingerprint density at radius 3 is 2.52 bits per heavy atom. The van der Waals surface area contributed by atoms with Gasteiger partial charge in [0.15, 0.2) is 0 Å². The molecule has 0 aromatic heterocycles. The summed E-state index contributed by atoms with van der Waals surface area (Å²) >= 11 is 5.88. The molecule has 1 atom stereocenters. The van der Waals surface area contributed by atoms with Crippen LogP contribution in [-0.4, -0.2) is 30.9 Å². The number of benzene rings is 3. The molecule has 3 aromatic carbocycles. The van der Waals surface area contributed by atoms with E-state index in [0.717, 1.165) is 29.1 Å². The number of halogens is 1. The maximum Gasteiger partial charge on any atom is 0.137 e. The maximum atomic E-state index is 10.1. The van der Waals surface area contributed by atoms with E-state index < -0.39 is 6.10 Å². The lowest BCUT2D eigenvalue weighted by Crippen LogP contribution is -2.87. The molecule has 0 amide bonds. The third-order valence-electron chi connectivity index (χ3n) is 4.15. The molecule has 0 radical (unpaired) electrons. The van der Waals surface area contributed by atoms with Gasteiger partial charge in [-0.3, -0.25) is 0 Å². The second kappa shape index (κ2) is 8.86. The lowest BCUT2D eigenvalue weighted by atomic mass is 10.1. The third kappa shape index (κ3) is 5.46. The van der Waals surface area contributed by atoms with Crippen LogP contribution in [0.15, 0.2) is 66.7 Å². The summed E-state index contributed by atoms with van der Waals surface area (Å²) in [4.78, 5) is 0. The zero-order valence-corrected chi connectivity index (χ0v) is 14.8. The van der Waals surface area contributed by atoms with Crippen molar-refractivity contribution in [2.45, 2.75) is 12.5 Å². The number of quaternary nitrogens is 1. The zero-order chi connectivity index (χ0) is 17.5. The number of ether oxygens (including phenoxy) is 1. The molecule has 0 bridgehead atoms. The van der Waals surface area contributed by atoms with Crippen molar-refractivity contribution in [1.29, 1.82) is 0 Å². The molecule has 3 rings (SSSR count). The van der Waals surface area contributed by atoms with Crippen LogP contribution in [0.5, 0.6) is 5.75 Å². The van der Waals surface area contributed by atoms with Crippen LogP contribution in [0.1, 0.15) is 5.56 Å². The van der Waals surface area contributed by atoms with Gasteiger partial charge in [0.25, 0.3) is 0 Å². The number of hydrogen-bond acceptors (Lipinski definition) is 2. The first kappa shape index (κ1) is 17.7. The molecule has 0 unspecified atom stereocenters. The van der Waals surface area contributed by atoms with Crippen LogP contribution in [0.2, 0.25) is 5.02 Å². The Morgan fingerprint density at radius 2 is 1.72 bits per heavy atom. The van der Waals surface area contributed by atoms with Crippen LogP contribution in [0, 0.1) is 0 Å². The molecule has 130 valence electrons. The summed E-state index contributed by atoms with van der Waals surface area (Å²) in [5, 5.41) is 15.3. The predicted octanol–water partition coefficient (Wildman–Crippen LogP) is 3.04. The summed E-state index contributed by atoms with van der Waals surface area (Å²) in [6, 6.07) is 22.0. The van der Waals surface area contributed by atoms with Gasteiger partial charge in [0.2, 0.25) is 0 Å². The Labute approximate surface area is 153 Å². The van der Waals surface area contributed by atoms with Gasteiger partial charge in [-0.15, -0.1) is 0 Å². The first-order valence-electron chi connectivity index (χ1n) is 8.56. The molecule has 0 aliphatic heterocycles. The minimum atomic E-state index is -0.489. The highest BCUT2D eigenvalue weighted by Gasteiger charge is 2.08. The van der Waals surface area contributed by atoms with Crippen LogP contribution in [0.4, 0.5) is 0 Å². The molecule has 3 aromatic rings. The van der Waals surface area contributed by atoms with E-state index >= 15 is 0 Å². The van der Waals surface area contributed by atoms with Crippen molar-refractivity contribution in [3.8, 4) is 5.75 Å². The quantitative estimate of drug-likeness (QED) is 0.609. The maximum absolute atomic E-state index is 10.1. The van der Waals surface area contributed by atoms with Crippen molar-refractivity contribution in [3.63, 3.8) is 0 Å². The van der Waals surface area contributed by atoms with E-state index in [1.165, 1.54) is 10.9 Å². The van der Waals surface area contributed by atoms with Gasteiger partial charge in [0.05, 0.1) is 6.54 Å². The van der Waals surface area contributed by atoms with E-state index in [1.807, 2.05) is 54.6 Å². The van der Waals surface area contributed by atoms with E-state index in [-0.39, 0.29) is 0 Å². The summed E-state index contributed by atoms with van der Waals surface area (Å²) in [5.41, 5.74) is 1.25. The average molecular weight is 357 g/mol. The second-order valence-electron chi connectivity index (χ2n) is 6.16. The van der Waals surface area contributed by atoms with Gasteiger partial charge in [0, 0.05) is 11.4 Å². The lowest BCUT2D eigenvalue weighted by molar-refractivity contribution is -0.660. The fraction of sp³-hybridized carbons (Fsp3) is 0.238. The minimum Gasteiger partial charge on any atom is -0.491 e. The van der Waals surface area contributed by atoms with Crippen molar-refractivity contribution >= 4 is 22.4 Å². The standard InChI is InChI=1S/C21H22ClNO2/c22-19-8-5-16(6-9-19)11-12-23-14-20(24)15-25-21-10-7-17-3-1-2-4-18(17)13-21/h1-10,13,20,23-24H,11-12,14-15H2/p+1/t20-/m0/s1. The molecule has 3 N–H and O–H groups in total. The lowest BCUT2D eigenvalue weighted by Gasteiger charge is -2.12. The highest BCUT2D eigenvalue weighted by Crippen LogP contribution is 2.20. The molecule has 0 saturated heterocycles. The first-order valence-corrected chi connectivity index (χ1v) is 8.94. The SMILES string of the molecule is O[C@@H](C[NH2+]CCc1ccc(Cl)cc1)COc1ccc2ccccc2c1. The van der Waals surface area contributed by atoms with Gasteiger partial charge < -0.3 is 15.2 Å². The highest BCUT2D eigenvalue weighted by molar-refractivity contribution is 6.30. The highest BCUT2D eigenvalue weighted by atomic mass is 35.5. The Kier molecular flexibility index (Phi) is 6.29. The van der Waals surface area contributed by atoms with Gasteiger partial charge in [0.1, 0.15) is 25.0 Å². The van der Waals surface area contributed by atoms with Crippen molar-refractivity contribution in [1.82, 2.24) is 0 Å². The normalized spacial score (nSPS) is 12.2. The Bertz CT molecular complexity index is 804. The van der Waals surface area contributed by atoms with E-state index in [4.69, 9.17) is 16.3 Å². The van der Waals surface area contributed by atoms with Crippen molar-refractivity contribution in [2.24, 2.45) is 0 Å². The van der Waals surface area contributed by atoms with Crippen LogP contribution >= 0.6 is 11.6 Å². The molecule has 0 heterocycles. The third-order valence-corrected chi connectivity index (χ3v) is 4.40. The van der Waals surface area contributed by atoms with Gasteiger partial charge in [-0.05, 0) is 40.6 Å². The second-order valence-corrected chi connectivity index (χ2v) is 6.60. The fourth-order valence-corrected chi connectivity index (χ4v) is 2.87. The number of hydrogen-bond donors (Lipinski definition) is 2. The summed E-state index contributed by atoms with van der Waals surface area (Å²) in [7, 11) is 0. The van der Waals surface area contributed by atoms with E-state index in [0.29, 0.717) is 13.2 Å². The Hall–Kier alpha value is -2.07. The van der Waals surface area contributed by atoms with Crippen molar-refractivity contribution in [2.75, 3.05) is 19.7 Å². The van der Waals surface area contributed by atoms with Crippen LogP contribution < -0.4 is 10.1 Å². The van der Waals surface area contributed by atoms with E-state index in [1.54, 1.807) is 0 Å². The molecule has 25 heavy (non-hydrogen) atoms. The first-order chi connectivity index (χ1) is 12.2. The zero-order valence-electron chi connectivity index (χ0n) is 14.1. The van der Waals surface area contributed by atoms with Crippen molar-refractivity contribution < 1.29 is 15.2 Å². The largest absolute Gasteiger partial charge is 0.491 e. The summed E-state index contributed by atoms with van der Waals surface area (Å²) < 4.78 is 5.72. The number of rotatable bonds is 8. The number of aliphatic hydroxyl groups excluding tert-OH is 1. The minimum absolute atomic E-state index is 0.301. The van der Waals surface area contributed by atoms with Gasteiger partial charge in [-0.2, -0.15) is 0 Å². The monoisotopic (exact) mass is 356 g/mol. The Balaban J connectivity index is 1.38. The number of aliphatic hydroxyl groups is 1. The van der Waals surface area contributed by atoms with E-state index in [2.05, 4.69) is 17.4 Å². The molecular formula is C21H23ClNO2+. The molecule has 0 aliphatic carbocycles. The van der Waals surface area contributed by atoms with Crippen LogP contribution in [0.3, 0.4) is 0 Å². The molecule has 3 nitrogen and oxygen atoms in total. The molecule has 0 aliphatic rings. The Morgan fingerprint density at radius 1 is 0.960 bits per heavy atom. The molecular weight excluding hydrogens is 334 g/mol. The van der Waals surface area contributed by atoms with Gasteiger partial charge in [-0.1, -0.05) is 54.1 Å². The molecule has 0 saturated carbocycles. The van der Waals surface area contributed by atoms with Crippen LogP contribution in [0.25, 0.3) is 10.8 Å².